The number of benzene rings is 1. The number of hydrogen-bond acceptors (Lipinski definition) is 6. The van der Waals surface area contributed by atoms with Crippen LogP contribution >= 0.6 is 0 Å². The zero-order valence-electron chi connectivity index (χ0n) is 17.4. The maximum absolute atomic E-state index is 12.8. The van der Waals surface area contributed by atoms with Gasteiger partial charge in [0.2, 0.25) is 16.4 Å². The Morgan fingerprint density at radius 2 is 2.00 bits per heavy atom. The molecule has 9 heteroatoms. The Morgan fingerprint density at radius 3 is 2.67 bits per heavy atom. The lowest BCUT2D eigenvalue weighted by Crippen LogP contribution is -2.51. The molecule has 1 aliphatic heterocycles. The number of hydrogen-bond donors (Lipinski definition) is 2. The van der Waals surface area contributed by atoms with E-state index in [1.165, 1.54) is 4.31 Å². The second-order valence-electron chi connectivity index (χ2n) is 7.06. The molecule has 30 heavy (non-hydrogen) atoms. The SMILES string of the molecule is COc1cccc(N2CCN(S(=O)(=O)CC(C#CCCCCCO)NC=O)CC2)c1. The molecule has 1 atom stereocenters. The van der Waals surface area contributed by atoms with E-state index in [0.717, 1.165) is 30.7 Å². The van der Waals surface area contributed by atoms with Crippen molar-refractivity contribution in [2.75, 3.05) is 50.5 Å². The average molecular weight is 438 g/mol. The first-order valence-corrected chi connectivity index (χ1v) is 11.8. The highest BCUT2D eigenvalue weighted by molar-refractivity contribution is 7.89. The molecule has 0 aromatic heterocycles. The zero-order valence-corrected chi connectivity index (χ0v) is 18.2. The number of rotatable bonds is 11. The smallest absolute Gasteiger partial charge is 0.217 e. The van der Waals surface area contributed by atoms with Crippen LogP contribution in [0.4, 0.5) is 5.69 Å². The summed E-state index contributed by atoms with van der Waals surface area (Å²) in [6.45, 7) is 2.07. The number of unbranched alkanes of at least 4 members (excludes halogenated alkanes) is 3. The van der Waals surface area contributed by atoms with Gasteiger partial charge >= 0.3 is 0 Å². The summed E-state index contributed by atoms with van der Waals surface area (Å²) >= 11 is 0. The first kappa shape index (κ1) is 24.0. The zero-order chi connectivity index (χ0) is 21.8. The summed E-state index contributed by atoms with van der Waals surface area (Å²) in [5.41, 5.74) is 0.999. The Bertz CT molecular complexity index is 827. The van der Waals surface area contributed by atoms with Crippen molar-refractivity contribution in [3.63, 3.8) is 0 Å². The number of carbonyl (C=O) groups excluding carboxylic acids is 1. The fraction of sp³-hybridized carbons (Fsp3) is 0.571. The van der Waals surface area contributed by atoms with Gasteiger partial charge in [0, 0.05) is 51.0 Å². The van der Waals surface area contributed by atoms with E-state index in [1.54, 1.807) is 7.11 Å². The van der Waals surface area contributed by atoms with E-state index in [-0.39, 0.29) is 12.4 Å². The molecular formula is C21H31N3O5S. The molecule has 2 rings (SSSR count). The van der Waals surface area contributed by atoms with Crippen LogP contribution in [-0.4, -0.2) is 75.9 Å². The minimum Gasteiger partial charge on any atom is -0.497 e. The maximum atomic E-state index is 12.8. The second kappa shape index (κ2) is 12.4. The van der Waals surface area contributed by atoms with Gasteiger partial charge in [0.15, 0.2) is 0 Å². The monoisotopic (exact) mass is 437 g/mol. The van der Waals surface area contributed by atoms with E-state index in [9.17, 15) is 13.2 Å². The van der Waals surface area contributed by atoms with Crippen LogP contribution in [-0.2, 0) is 14.8 Å². The molecule has 0 saturated carbocycles. The Morgan fingerprint density at radius 1 is 1.23 bits per heavy atom. The number of aliphatic hydroxyl groups excluding tert-OH is 1. The first-order chi connectivity index (χ1) is 14.5. The molecule has 1 aromatic carbocycles. The van der Waals surface area contributed by atoms with Crippen molar-refractivity contribution in [2.24, 2.45) is 0 Å². The number of nitrogens with one attached hydrogen (secondary N) is 1. The van der Waals surface area contributed by atoms with Gasteiger partial charge in [-0.2, -0.15) is 4.31 Å². The summed E-state index contributed by atoms with van der Waals surface area (Å²) in [6.07, 6.45) is 3.53. The predicted molar refractivity (Wildman–Crippen MR) is 117 cm³/mol. The molecule has 1 heterocycles. The van der Waals surface area contributed by atoms with E-state index in [0.29, 0.717) is 39.0 Å². The molecule has 0 spiro atoms. The largest absolute Gasteiger partial charge is 0.497 e. The van der Waals surface area contributed by atoms with E-state index in [1.807, 2.05) is 24.3 Å². The number of nitrogens with zero attached hydrogens (tertiary/aromatic N) is 2. The van der Waals surface area contributed by atoms with Crippen LogP contribution in [0, 0.1) is 11.8 Å². The number of carbonyl (C=O) groups is 1. The number of sulfonamides is 1. The normalized spacial score (nSPS) is 15.7. The van der Waals surface area contributed by atoms with Crippen LogP contribution in [0.3, 0.4) is 0 Å². The van der Waals surface area contributed by atoms with E-state index in [2.05, 4.69) is 22.1 Å². The van der Waals surface area contributed by atoms with Crippen LogP contribution in [0.1, 0.15) is 25.7 Å². The van der Waals surface area contributed by atoms with Gasteiger partial charge in [0.1, 0.15) is 11.8 Å². The molecule has 2 N–H and O–H groups in total. The van der Waals surface area contributed by atoms with Crippen molar-refractivity contribution in [3.05, 3.63) is 24.3 Å². The number of aliphatic hydroxyl groups is 1. The number of anilines is 1. The van der Waals surface area contributed by atoms with Gasteiger partial charge in [-0.25, -0.2) is 8.42 Å². The lowest BCUT2D eigenvalue weighted by Gasteiger charge is -2.35. The van der Waals surface area contributed by atoms with Gasteiger partial charge in [0.05, 0.1) is 12.9 Å². The van der Waals surface area contributed by atoms with Crippen molar-refractivity contribution >= 4 is 22.1 Å². The van der Waals surface area contributed by atoms with E-state index >= 15 is 0 Å². The first-order valence-electron chi connectivity index (χ1n) is 10.2. The van der Waals surface area contributed by atoms with Crippen LogP contribution in [0.15, 0.2) is 24.3 Å². The number of methoxy groups -OCH3 is 1. The van der Waals surface area contributed by atoms with Gasteiger partial charge in [-0.05, 0) is 25.0 Å². The molecule has 8 nitrogen and oxygen atoms in total. The molecule has 1 fully saturated rings. The van der Waals surface area contributed by atoms with Crippen molar-refractivity contribution < 1.29 is 23.1 Å². The molecule has 0 aliphatic carbocycles. The summed E-state index contributed by atoms with van der Waals surface area (Å²) in [4.78, 5) is 13.0. The van der Waals surface area contributed by atoms with E-state index < -0.39 is 16.1 Å². The third-order valence-corrected chi connectivity index (χ3v) is 6.84. The Hall–Kier alpha value is -2.28. The van der Waals surface area contributed by atoms with E-state index in [4.69, 9.17) is 9.84 Å². The van der Waals surface area contributed by atoms with Gasteiger partial charge in [-0.1, -0.05) is 18.4 Å². The highest BCUT2D eigenvalue weighted by atomic mass is 32.2. The van der Waals surface area contributed by atoms with Crippen LogP contribution in [0.2, 0.25) is 0 Å². The molecule has 1 aliphatic rings. The summed E-state index contributed by atoms with van der Waals surface area (Å²) in [6, 6.07) is 6.96. The van der Waals surface area contributed by atoms with Crippen molar-refractivity contribution in [1.29, 1.82) is 0 Å². The molecular weight excluding hydrogens is 406 g/mol. The summed E-state index contributed by atoms with van der Waals surface area (Å²) in [7, 11) is -1.93. The van der Waals surface area contributed by atoms with Crippen LogP contribution < -0.4 is 15.0 Å². The van der Waals surface area contributed by atoms with Crippen LogP contribution in [0.25, 0.3) is 0 Å². The van der Waals surface area contributed by atoms with Crippen molar-refractivity contribution in [2.45, 2.75) is 31.7 Å². The Balaban J connectivity index is 1.91. The van der Waals surface area contributed by atoms with Gasteiger partial charge in [0.25, 0.3) is 0 Å². The van der Waals surface area contributed by atoms with Crippen molar-refractivity contribution in [1.82, 2.24) is 9.62 Å². The Labute approximate surface area is 179 Å². The number of ether oxygens (including phenoxy) is 1. The highest BCUT2D eigenvalue weighted by Gasteiger charge is 2.29. The third-order valence-electron chi connectivity index (χ3n) is 4.93. The molecule has 1 saturated heterocycles. The Kier molecular flexibility index (Phi) is 9.94. The van der Waals surface area contributed by atoms with Gasteiger partial charge in [-0.15, -0.1) is 5.92 Å². The summed E-state index contributed by atoms with van der Waals surface area (Å²) < 4.78 is 32.4. The number of amides is 1. The van der Waals surface area contributed by atoms with Gasteiger partial charge in [-0.3, -0.25) is 4.79 Å². The lowest BCUT2D eigenvalue weighted by atomic mass is 10.2. The maximum Gasteiger partial charge on any atom is 0.217 e. The molecule has 0 bridgehead atoms. The minimum absolute atomic E-state index is 0.159. The van der Waals surface area contributed by atoms with Gasteiger partial charge < -0.3 is 20.1 Å². The predicted octanol–water partition coefficient (Wildman–Crippen LogP) is 0.818. The molecule has 1 unspecified atom stereocenters. The highest BCUT2D eigenvalue weighted by Crippen LogP contribution is 2.22. The fourth-order valence-corrected chi connectivity index (χ4v) is 4.79. The number of piperazine rings is 1. The quantitative estimate of drug-likeness (QED) is 0.302. The van der Waals surface area contributed by atoms with Crippen LogP contribution in [0.5, 0.6) is 5.75 Å². The third kappa shape index (κ3) is 7.52. The lowest BCUT2D eigenvalue weighted by molar-refractivity contribution is -0.109. The molecule has 0 radical (unpaired) electrons. The second-order valence-corrected chi connectivity index (χ2v) is 9.07. The molecule has 166 valence electrons. The summed E-state index contributed by atoms with van der Waals surface area (Å²) in [5, 5.41) is 11.3. The minimum atomic E-state index is -3.55. The molecule has 1 aromatic rings. The molecule has 1 amide bonds. The fourth-order valence-electron chi connectivity index (χ4n) is 3.26. The topological polar surface area (TPSA) is 99.2 Å². The average Bonchev–Trinajstić information content (AvgIpc) is 2.76. The summed E-state index contributed by atoms with van der Waals surface area (Å²) in [5.74, 6) is 6.32. The van der Waals surface area contributed by atoms with Crippen molar-refractivity contribution in [3.8, 4) is 17.6 Å². The standard InChI is InChI=1S/C21H31N3O5S/c1-29-21-10-7-9-20(16-21)23-11-13-24(14-12-23)30(27,28)17-19(22-18-26)8-5-3-2-4-6-15-25/h7,9-10,16,18-19,25H,2-4,6,11-15,17H2,1H3,(H,22,26).